The monoisotopic (exact) mass is 370 g/mol. The van der Waals surface area contributed by atoms with Crippen molar-refractivity contribution in [1.29, 1.82) is 0 Å². The maximum atomic E-state index is 11.9. The van der Waals surface area contributed by atoms with Crippen molar-refractivity contribution in [3.05, 3.63) is 53.6 Å². The molecule has 0 saturated carbocycles. The molecule has 0 radical (unpaired) electrons. The number of anilines is 1. The first-order chi connectivity index (χ1) is 13.2. The van der Waals surface area contributed by atoms with Gasteiger partial charge in [-0.25, -0.2) is 4.79 Å². The third-order valence-corrected chi connectivity index (χ3v) is 3.55. The number of fused-ring (bicyclic) bond motifs is 1. The molecule has 0 bridgehead atoms. The number of carbonyl (C=O) groups excluding carboxylic acids is 2. The minimum Gasteiger partial charge on any atom is -0.462 e. The number of oxime groups is 1. The lowest BCUT2D eigenvalue weighted by atomic mass is 10.2. The maximum Gasteiger partial charge on any atom is 0.338 e. The Morgan fingerprint density at radius 1 is 1.15 bits per heavy atom. The Morgan fingerprint density at radius 2 is 1.93 bits per heavy atom. The molecule has 0 saturated heterocycles. The molecular formula is C19H18N2O6. The average molecular weight is 370 g/mol. The predicted octanol–water partition coefficient (Wildman–Crippen LogP) is 2.58. The smallest absolute Gasteiger partial charge is 0.338 e. The van der Waals surface area contributed by atoms with Crippen molar-refractivity contribution >= 4 is 23.8 Å². The SMILES string of the molecule is CCOC(=O)c1ccc(NC(=O)CO/N=C\c2ccc3c(c2)OCO3)cc1. The number of carbonyl (C=O) groups is 2. The van der Waals surface area contributed by atoms with E-state index >= 15 is 0 Å². The van der Waals surface area contributed by atoms with Crippen LogP contribution in [-0.4, -0.2) is 38.1 Å². The third kappa shape index (κ3) is 4.97. The van der Waals surface area contributed by atoms with E-state index in [1.807, 2.05) is 0 Å². The molecule has 8 nitrogen and oxygen atoms in total. The molecule has 1 aliphatic rings. The molecule has 1 heterocycles. The first kappa shape index (κ1) is 18.2. The standard InChI is InChI=1S/C19H18N2O6/c1-2-24-19(23)14-4-6-15(7-5-14)21-18(22)11-27-20-10-13-3-8-16-17(9-13)26-12-25-16/h3-10H,2,11-12H2,1H3,(H,21,22)/b20-10-. The highest BCUT2D eigenvalue weighted by Gasteiger charge is 2.12. The lowest BCUT2D eigenvalue weighted by Gasteiger charge is -2.06. The highest BCUT2D eigenvalue weighted by atomic mass is 16.7. The number of benzene rings is 2. The van der Waals surface area contributed by atoms with E-state index in [2.05, 4.69) is 10.5 Å². The summed E-state index contributed by atoms with van der Waals surface area (Å²) in [6, 6.07) is 11.7. The lowest BCUT2D eigenvalue weighted by Crippen LogP contribution is -2.17. The number of amides is 1. The second-order valence-corrected chi connectivity index (χ2v) is 5.47. The highest BCUT2D eigenvalue weighted by Crippen LogP contribution is 2.31. The summed E-state index contributed by atoms with van der Waals surface area (Å²) in [5.74, 6) is 0.544. The molecule has 0 unspecified atom stereocenters. The van der Waals surface area contributed by atoms with Gasteiger partial charge < -0.3 is 24.4 Å². The summed E-state index contributed by atoms with van der Waals surface area (Å²) in [7, 11) is 0. The van der Waals surface area contributed by atoms with E-state index in [0.717, 1.165) is 5.56 Å². The quantitative estimate of drug-likeness (QED) is 0.457. The fraction of sp³-hybridized carbons (Fsp3) is 0.211. The van der Waals surface area contributed by atoms with Crippen molar-refractivity contribution in [3.8, 4) is 11.5 Å². The van der Waals surface area contributed by atoms with Crippen molar-refractivity contribution < 1.29 is 28.6 Å². The number of ether oxygens (including phenoxy) is 3. The number of hydrogen-bond acceptors (Lipinski definition) is 7. The molecule has 8 heteroatoms. The Kier molecular flexibility index (Phi) is 5.88. The molecule has 0 aromatic heterocycles. The summed E-state index contributed by atoms with van der Waals surface area (Å²) in [6.45, 7) is 2.00. The Morgan fingerprint density at radius 3 is 2.70 bits per heavy atom. The van der Waals surface area contributed by atoms with E-state index in [0.29, 0.717) is 29.4 Å². The normalized spacial score (nSPS) is 12.0. The summed E-state index contributed by atoms with van der Waals surface area (Å²) in [5, 5.41) is 6.41. The Balaban J connectivity index is 1.45. The molecule has 1 aliphatic heterocycles. The largest absolute Gasteiger partial charge is 0.462 e. The topological polar surface area (TPSA) is 95.5 Å². The van der Waals surface area contributed by atoms with Gasteiger partial charge >= 0.3 is 5.97 Å². The van der Waals surface area contributed by atoms with Crippen molar-refractivity contribution in [2.45, 2.75) is 6.92 Å². The van der Waals surface area contributed by atoms with Gasteiger partial charge in [-0.05, 0) is 49.4 Å². The second kappa shape index (κ2) is 8.70. The number of esters is 1. The molecule has 2 aromatic rings. The van der Waals surface area contributed by atoms with E-state index in [9.17, 15) is 9.59 Å². The molecule has 0 fully saturated rings. The average Bonchev–Trinajstić information content (AvgIpc) is 3.14. The fourth-order valence-corrected chi connectivity index (χ4v) is 2.29. The Hall–Kier alpha value is -3.55. The second-order valence-electron chi connectivity index (χ2n) is 5.47. The third-order valence-electron chi connectivity index (χ3n) is 3.55. The van der Waals surface area contributed by atoms with Gasteiger partial charge in [-0.2, -0.15) is 0 Å². The van der Waals surface area contributed by atoms with Gasteiger partial charge in [0.1, 0.15) is 0 Å². The van der Waals surface area contributed by atoms with E-state index in [1.54, 1.807) is 49.4 Å². The van der Waals surface area contributed by atoms with Crippen LogP contribution in [0.25, 0.3) is 0 Å². The lowest BCUT2D eigenvalue weighted by molar-refractivity contribution is -0.120. The predicted molar refractivity (Wildman–Crippen MR) is 97.1 cm³/mol. The van der Waals surface area contributed by atoms with Crippen molar-refractivity contribution in [3.63, 3.8) is 0 Å². The van der Waals surface area contributed by atoms with Crippen LogP contribution in [0, 0.1) is 0 Å². The van der Waals surface area contributed by atoms with Gasteiger partial charge in [0.25, 0.3) is 5.91 Å². The maximum absolute atomic E-state index is 11.9. The summed E-state index contributed by atoms with van der Waals surface area (Å²) < 4.78 is 15.4. The minimum absolute atomic E-state index is 0.202. The zero-order valence-corrected chi connectivity index (χ0v) is 14.6. The van der Waals surface area contributed by atoms with Crippen molar-refractivity contribution in [2.24, 2.45) is 5.16 Å². The van der Waals surface area contributed by atoms with Crippen LogP contribution >= 0.6 is 0 Å². The Bertz CT molecular complexity index is 848. The van der Waals surface area contributed by atoms with Crippen LogP contribution in [-0.2, 0) is 14.4 Å². The van der Waals surface area contributed by atoms with Gasteiger partial charge in [-0.15, -0.1) is 0 Å². The van der Waals surface area contributed by atoms with Gasteiger partial charge in [-0.1, -0.05) is 5.16 Å². The molecule has 1 amide bonds. The minimum atomic E-state index is -0.406. The van der Waals surface area contributed by atoms with Crippen LogP contribution in [0.5, 0.6) is 11.5 Å². The molecular weight excluding hydrogens is 352 g/mol. The molecule has 3 rings (SSSR count). The van der Waals surface area contributed by atoms with E-state index < -0.39 is 5.97 Å². The molecule has 27 heavy (non-hydrogen) atoms. The summed E-state index contributed by atoms with van der Waals surface area (Å²) >= 11 is 0. The van der Waals surface area contributed by atoms with E-state index in [4.69, 9.17) is 19.0 Å². The summed E-state index contributed by atoms with van der Waals surface area (Å²) in [4.78, 5) is 28.4. The number of nitrogens with one attached hydrogen (secondary N) is 1. The van der Waals surface area contributed by atoms with Gasteiger partial charge in [0, 0.05) is 11.3 Å². The van der Waals surface area contributed by atoms with Crippen LogP contribution in [0.2, 0.25) is 0 Å². The molecule has 0 atom stereocenters. The van der Waals surface area contributed by atoms with Crippen LogP contribution in [0.3, 0.4) is 0 Å². The number of rotatable bonds is 7. The first-order valence-electron chi connectivity index (χ1n) is 8.27. The van der Waals surface area contributed by atoms with Crippen molar-refractivity contribution in [1.82, 2.24) is 0 Å². The molecule has 0 aliphatic carbocycles. The number of nitrogens with zero attached hydrogens (tertiary/aromatic N) is 1. The molecule has 2 aromatic carbocycles. The first-order valence-corrected chi connectivity index (χ1v) is 8.27. The Labute approximate surface area is 155 Å². The van der Waals surface area contributed by atoms with E-state index in [-0.39, 0.29) is 19.3 Å². The molecule has 1 N–H and O–H groups in total. The zero-order chi connectivity index (χ0) is 19.1. The van der Waals surface area contributed by atoms with Crippen LogP contribution < -0.4 is 14.8 Å². The number of hydrogen-bond donors (Lipinski definition) is 1. The molecule has 0 spiro atoms. The van der Waals surface area contributed by atoms with Gasteiger partial charge in [-0.3, -0.25) is 4.79 Å². The van der Waals surface area contributed by atoms with Gasteiger partial charge in [0.15, 0.2) is 18.1 Å². The van der Waals surface area contributed by atoms with Crippen LogP contribution in [0.4, 0.5) is 5.69 Å². The van der Waals surface area contributed by atoms with Crippen LogP contribution in [0.1, 0.15) is 22.8 Å². The molecule has 140 valence electrons. The van der Waals surface area contributed by atoms with Gasteiger partial charge in [0.2, 0.25) is 6.79 Å². The van der Waals surface area contributed by atoms with E-state index in [1.165, 1.54) is 6.21 Å². The zero-order valence-electron chi connectivity index (χ0n) is 14.6. The summed E-state index contributed by atoms with van der Waals surface area (Å²) in [5.41, 5.74) is 1.71. The van der Waals surface area contributed by atoms with Crippen LogP contribution in [0.15, 0.2) is 47.6 Å². The van der Waals surface area contributed by atoms with Gasteiger partial charge in [0.05, 0.1) is 18.4 Å². The summed E-state index contributed by atoms with van der Waals surface area (Å²) in [6.07, 6.45) is 1.48. The highest BCUT2D eigenvalue weighted by molar-refractivity contribution is 5.93. The fourth-order valence-electron chi connectivity index (χ4n) is 2.29. The van der Waals surface area contributed by atoms with Crippen molar-refractivity contribution in [2.75, 3.05) is 25.3 Å².